The zero-order valence-corrected chi connectivity index (χ0v) is 21.0. The summed E-state index contributed by atoms with van der Waals surface area (Å²) in [6.45, 7) is 11.7. The molecule has 1 amide bonds. The molecule has 7 heteroatoms. The van der Waals surface area contributed by atoms with Crippen molar-refractivity contribution in [1.82, 2.24) is 20.2 Å². The van der Waals surface area contributed by atoms with Crippen LogP contribution in [-0.4, -0.2) is 66.3 Å². The summed E-state index contributed by atoms with van der Waals surface area (Å²) in [4.78, 5) is 17.8. The number of fused-ring (bicyclic) bond motifs is 1. The lowest BCUT2D eigenvalue weighted by molar-refractivity contribution is -0.134. The van der Waals surface area contributed by atoms with Gasteiger partial charge < -0.3 is 20.3 Å². The summed E-state index contributed by atoms with van der Waals surface area (Å²) in [5, 5.41) is 2.14. The molecule has 186 valence electrons. The van der Waals surface area contributed by atoms with Crippen molar-refractivity contribution in [3.05, 3.63) is 59.4 Å². The van der Waals surface area contributed by atoms with Gasteiger partial charge in [0.05, 0.1) is 18.6 Å². The van der Waals surface area contributed by atoms with Gasteiger partial charge in [-0.25, -0.2) is 5.43 Å². The normalized spacial score (nSPS) is 25.5. The van der Waals surface area contributed by atoms with Crippen LogP contribution in [0.3, 0.4) is 0 Å². The minimum atomic E-state index is -0.251. The molecule has 1 aromatic carbocycles. The molecule has 3 N–H and O–H groups in total. The summed E-state index contributed by atoms with van der Waals surface area (Å²) in [5.41, 5.74) is 13.9. The van der Waals surface area contributed by atoms with Crippen molar-refractivity contribution in [3.63, 3.8) is 0 Å². The molecule has 0 aliphatic carbocycles. The van der Waals surface area contributed by atoms with Gasteiger partial charge in [-0.2, -0.15) is 0 Å². The van der Waals surface area contributed by atoms with Crippen LogP contribution in [0.1, 0.15) is 56.2 Å². The number of benzene rings is 1. The number of likely N-dealkylation sites (tertiary alicyclic amines) is 1. The molecule has 34 heavy (non-hydrogen) atoms. The molecule has 0 spiro atoms. The second-order valence-corrected chi connectivity index (χ2v) is 10.0. The van der Waals surface area contributed by atoms with Crippen molar-refractivity contribution < 1.29 is 9.53 Å². The largest absolute Gasteiger partial charge is 0.373 e. The lowest BCUT2D eigenvalue weighted by Crippen LogP contribution is -2.57. The molecular formula is C27H41N5O2. The molecule has 0 saturated carbocycles. The SMILES string of the molecule is C=C(CN1CC(CCCCC)N2NC(c3ccc(C)cc3)C=C2C1=O)N1CCC(C(N)OC)C1. The van der Waals surface area contributed by atoms with Crippen molar-refractivity contribution >= 4 is 5.91 Å². The summed E-state index contributed by atoms with van der Waals surface area (Å²) >= 11 is 0. The van der Waals surface area contributed by atoms with Crippen LogP contribution < -0.4 is 11.2 Å². The fourth-order valence-corrected chi connectivity index (χ4v) is 5.34. The van der Waals surface area contributed by atoms with E-state index in [-0.39, 0.29) is 24.2 Å². The Hall–Kier alpha value is -2.35. The van der Waals surface area contributed by atoms with Gasteiger partial charge in [0.1, 0.15) is 11.9 Å². The summed E-state index contributed by atoms with van der Waals surface area (Å²) < 4.78 is 5.33. The predicted octanol–water partition coefficient (Wildman–Crippen LogP) is 3.30. The summed E-state index contributed by atoms with van der Waals surface area (Å²) in [7, 11) is 1.66. The van der Waals surface area contributed by atoms with Crippen molar-refractivity contribution in [2.24, 2.45) is 11.7 Å². The maximum atomic E-state index is 13.6. The fraction of sp³-hybridized carbons (Fsp3) is 0.593. The molecule has 0 radical (unpaired) electrons. The first-order valence-electron chi connectivity index (χ1n) is 12.8. The van der Waals surface area contributed by atoms with Crippen LogP contribution in [0.15, 0.2) is 48.3 Å². The molecular weight excluding hydrogens is 426 g/mol. The minimum Gasteiger partial charge on any atom is -0.373 e. The van der Waals surface area contributed by atoms with E-state index >= 15 is 0 Å². The van der Waals surface area contributed by atoms with Crippen LogP contribution in [0.4, 0.5) is 0 Å². The maximum Gasteiger partial charge on any atom is 0.271 e. The number of nitrogens with two attached hydrogens (primary N) is 1. The third kappa shape index (κ3) is 5.32. The van der Waals surface area contributed by atoms with Gasteiger partial charge in [-0.05, 0) is 31.4 Å². The number of hydrogen-bond donors (Lipinski definition) is 2. The molecule has 4 unspecified atom stereocenters. The van der Waals surface area contributed by atoms with E-state index in [1.165, 1.54) is 24.0 Å². The standard InChI is InChI=1S/C27H41N5O2/c1-5-6-7-8-23-18-31(16-20(3)30-14-13-22(17-30)26(28)34-4)27(33)25-15-24(29-32(23)25)21-11-9-19(2)10-12-21/h9-12,15,22-24,26,29H,3,5-8,13-14,16-18,28H2,1-2,4H3. The molecule has 3 aliphatic heterocycles. The van der Waals surface area contributed by atoms with E-state index in [0.717, 1.165) is 43.7 Å². The highest BCUT2D eigenvalue weighted by Gasteiger charge is 2.41. The zero-order valence-electron chi connectivity index (χ0n) is 21.0. The number of hydrogen-bond acceptors (Lipinski definition) is 6. The van der Waals surface area contributed by atoms with Crippen molar-refractivity contribution in [3.8, 4) is 0 Å². The van der Waals surface area contributed by atoms with Gasteiger partial charge in [-0.1, -0.05) is 62.6 Å². The molecule has 3 aliphatic rings. The molecule has 0 bridgehead atoms. The van der Waals surface area contributed by atoms with Crippen LogP contribution in [0.5, 0.6) is 0 Å². The minimum absolute atomic E-state index is 0.0197. The highest BCUT2D eigenvalue weighted by molar-refractivity contribution is 5.94. The van der Waals surface area contributed by atoms with Gasteiger partial charge in [0, 0.05) is 38.4 Å². The lowest BCUT2D eigenvalue weighted by Gasteiger charge is -2.42. The number of carbonyl (C=O) groups is 1. The Labute approximate surface area is 204 Å². The topological polar surface area (TPSA) is 74.1 Å². The first-order chi connectivity index (χ1) is 16.4. The maximum absolute atomic E-state index is 13.6. The number of methoxy groups -OCH3 is 1. The predicted molar refractivity (Wildman–Crippen MR) is 135 cm³/mol. The van der Waals surface area contributed by atoms with Crippen LogP contribution in [0.2, 0.25) is 0 Å². The van der Waals surface area contributed by atoms with E-state index in [1.807, 2.05) is 4.90 Å². The quantitative estimate of drug-likeness (QED) is 0.406. The number of rotatable bonds is 10. The second-order valence-electron chi connectivity index (χ2n) is 10.0. The Bertz CT molecular complexity index is 899. The van der Waals surface area contributed by atoms with E-state index in [4.69, 9.17) is 10.5 Å². The lowest BCUT2D eigenvalue weighted by atomic mass is 10.0. The molecule has 0 aromatic heterocycles. The summed E-state index contributed by atoms with van der Waals surface area (Å²) in [6.07, 6.45) is 7.45. The number of piperazine rings is 1. The Morgan fingerprint density at radius 1 is 1.26 bits per heavy atom. The van der Waals surface area contributed by atoms with Gasteiger partial charge in [0.25, 0.3) is 5.91 Å². The summed E-state index contributed by atoms with van der Waals surface area (Å²) in [6, 6.07) is 8.82. The Morgan fingerprint density at radius 3 is 2.74 bits per heavy atom. The highest BCUT2D eigenvalue weighted by Crippen LogP contribution is 2.33. The van der Waals surface area contributed by atoms with E-state index < -0.39 is 0 Å². The van der Waals surface area contributed by atoms with Gasteiger partial charge in [0.15, 0.2) is 0 Å². The van der Waals surface area contributed by atoms with Crippen LogP contribution in [0, 0.1) is 12.8 Å². The summed E-state index contributed by atoms with van der Waals surface area (Å²) in [5.74, 6) is 0.382. The number of ether oxygens (including phenoxy) is 1. The van der Waals surface area contributed by atoms with E-state index in [2.05, 4.69) is 66.1 Å². The molecule has 1 aromatic rings. The monoisotopic (exact) mass is 467 g/mol. The van der Waals surface area contributed by atoms with Gasteiger partial charge in [-0.15, -0.1) is 0 Å². The molecule has 4 rings (SSSR count). The average Bonchev–Trinajstić information content (AvgIpc) is 3.50. The molecule has 2 saturated heterocycles. The number of carbonyl (C=O) groups excluding carboxylic acids is 1. The van der Waals surface area contributed by atoms with Crippen LogP contribution >= 0.6 is 0 Å². The first-order valence-corrected chi connectivity index (χ1v) is 12.8. The number of nitrogens with one attached hydrogen (secondary N) is 1. The smallest absolute Gasteiger partial charge is 0.271 e. The van der Waals surface area contributed by atoms with Crippen molar-refractivity contribution in [2.45, 2.75) is 64.3 Å². The van der Waals surface area contributed by atoms with Gasteiger partial charge in [-0.3, -0.25) is 9.80 Å². The number of unbranched alkanes of at least 4 members (excludes halogenated alkanes) is 2. The number of aryl methyl sites for hydroxylation is 1. The fourth-order valence-electron chi connectivity index (χ4n) is 5.34. The Balaban J connectivity index is 1.48. The molecule has 2 fully saturated rings. The van der Waals surface area contributed by atoms with E-state index in [1.54, 1.807) is 7.11 Å². The van der Waals surface area contributed by atoms with E-state index in [9.17, 15) is 4.79 Å². The third-order valence-electron chi connectivity index (χ3n) is 7.52. The number of amides is 1. The van der Waals surface area contributed by atoms with Crippen LogP contribution in [0.25, 0.3) is 0 Å². The van der Waals surface area contributed by atoms with Crippen LogP contribution in [-0.2, 0) is 9.53 Å². The van der Waals surface area contributed by atoms with Crippen molar-refractivity contribution in [2.75, 3.05) is 33.3 Å². The van der Waals surface area contributed by atoms with Gasteiger partial charge >= 0.3 is 0 Å². The Kier molecular flexibility index (Phi) is 7.96. The van der Waals surface area contributed by atoms with Crippen molar-refractivity contribution in [1.29, 1.82) is 0 Å². The third-order valence-corrected chi connectivity index (χ3v) is 7.52. The molecule has 4 atom stereocenters. The molecule has 3 heterocycles. The zero-order chi connectivity index (χ0) is 24.2. The number of hydrazine groups is 1. The molecule has 7 nitrogen and oxygen atoms in total. The number of nitrogens with zero attached hydrogens (tertiary/aromatic N) is 3. The highest BCUT2D eigenvalue weighted by atomic mass is 16.5. The second kappa shape index (κ2) is 10.9. The Morgan fingerprint density at radius 2 is 2.03 bits per heavy atom. The van der Waals surface area contributed by atoms with E-state index in [0.29, 0.717) is 19.0 Å². The van der Waals surface area contributed by atoms with Gasteiger partial charge in [0.2, 0.25) is 0 Å². The first kappa shape index (κ1) is 24.8. The average molecular weight is 468 g/mol.